The Labute approximate surface area is 161 Å². The van der Waals surface area contributed by atoms with E-state index < -0.39 is 5.91 Å². The predicted molar refractivity (Wildman–Crippen MR) is 106 cm³/mol. The highest BCUT2D eigenvalue weighted by molar-refractivity contribution is 6.09. The number of rotatable bonds is 2. The molecule has 0 bridgehead atoms. The van der Waals surface area contributed by atoms with Crippen molar-refractivity contribution in [2.24, 2.45) is 0 Å². The number of imidazole rings is 1. The normalized spacial score (nSPS) is 12.5. The second-order valence-corrected chi connectivity index (χ2v) is 6.99. The molecule has 0 saturated heterocycles. The van der Waals surface area contributed by atoms with E-state index >= 15 is 0 Å². The quantitative estimate of drug-likeness (QED) is 0.533. The molecule has 6 heteroatoms. The Balaban J connectivity index is 1.42. The number of nitrogens with zero attached hydrogens (tertiary/aromatic N) is 2. The van der Waals surface area contributed by atoms with Crippen molar-refractivity contribution in [3.63, 3.8) is 0 Å². The Bertz CT molecular complexity index is 1260. The smallest absolute Gasteiger partial charge is 0.288 e. The Morgan fingerprint density at radius 2 is 1.71 bits per heavy atom. The summed E-state index contributed by atoms with van der Waals surface area (Å²) in [6.07, 6.45) is 3.78. The van der Waals surface area contributed by atoms with E-state index in [2.05, 4.69) is 21.9 Å². The molecule has 2 aromatic heterocycles. The summed E-state index contributed by atoms with van der Waals surface area (Å²) in [4.78, 5) is 29.8. The number of hydrogen-bond acceptors (Lipinski definition) is 3. The zero-order valence-corrected chi connectivity index (χ0v) is 15.3. The number of aryl methyl sites for hydroxylation is 3. The van der Waals surface area contributed by atoms with Crippen molar-refractivity contribution < 1.29 is 9.59 Å². The van der Waals surface area contributed by atoms with E-state index in [0.717, 1.165) is 18.2 Å². The van der Waals surface area contributed by atoms with Crippen LogP contribution in [0.5, 0.6) is 0 Å². The van der Waals surface area contributed by atoms with Gasteiger partial charge >= 0.3 is 0 Å². The second kappa shape index (κ2) is 6.20. The molecule has 5 rings (SSSR count). The minimum Gasteiger partial charge on any atom is -0.295 e. The SMILES string of the molecule is Cc1nc2ccccn2c1C(=O)NNC(=O)c1ccc2c3c(cccc13)CC2. The van der Waals surface area contributed by atoms with Crippen LogP contribution in [0.3, 0.4) is 0 Å². The molecular weight excluding hydrogens is 352 g/mol. The summed E-state index contributed by atoms with van der Waals surface area (Å²) in [7, 11) is 0. The van der Waals surface area contributed by atoms with Gasteiger partial charge in [0.1, 0.15) is 11.3 Å². The molecule has 0 radical (unpaired) electrons. The van der Waals surface area contributed by atoms with Crippen LogP contribution in [0.1, 0.15) is 37.7 Å². The van der Waals surface area contributed by atoms with E-state index in [0.29, 0.717) is 22.6 Å². The van der Waals surface area contributed by atoms with Crippen LogP contribution in [0.2, 0.25) is 0 Å². The Morgan fingerprint density at radius 1 is 0.929 bits per heavy atom. The average molecular weight is 370 g/mol. The zero-order chi connectivity index (χ0) is 19.3. The van der Waals surface area contributed by atoms with Gasteiger partial charge in [0.15, 0.2) is 0 Å². The van der Waals surface area contributed by atoms with Crippen LogP contribution in [0.4, 0.5) is 0 Å². The fraction of sp³-hybridized carbons (Fsp3) is 0.136. The molecule has 0 unspecified atom stereocenters. The number of fused-ring (bicyclic) bond motifs is 1. The monoisotopic (exact) mass is 370 g/mol. The van der Waals surface area contributed by atoms with Gasteiger partial charge in [-0.1, -0.05) is 30.3 Å². The molecule has 0 saturated carbocycles. The minimum absolute atomic E-state index is 0.338. The molecule has 6 nitrogen and oxygen atoms in total. The molecule has 0 spiro atoms. The molecule has 4 aromatic rings. The fourth-order valence-corrected chi connectivity index (χ4v) is 4.07. The highest BCUT2D eigenvalue weighted by Gasteiger charge is 2.20. The molecule has 1 aliphatic rings. The third-order valence-corrected chi connectivity index (χ3v) is 5.33. The number of nitrogens with one attached hydrogen (secondary N) is 2. The van der Waals surface area contributed by atoms with Crippen molar-refractivity contribution in [1.82, 2.24) is 20.2 Å². The molecule has 2 aromatic carbocycles. The Kier molecular flexibility index (Phi) is 3.65. The summed E-state index contributed by atoms with van der Waals surface area (Å²) in [6, 6.07) is 15.4. The van der Waals surface area contributed by atoms with Gasteiger partial charge in [0, 0.05) is 11.8 Å². The van der Waals surface area contributed by atoms with E-state index in [-0.39, 0.29) is 5.91 Å². The number of hydrogen-bond donors (Lipinski definition) is 2. The molecule has 2 N–H and O–H groups in total. The number of hydrazine groups is 1. The number of amides is 2. The van der Waals surface area contributed by atoms with Gasteiger partial charge in [-0.15, -0.1) is 0 Å². The molecule has 1 aliphatic carbocycles. The van der Waals surface area contributed by atoms with Crippen molar-refractivity contribution in [3.05, 3.63) is 82.8 Å². The topological polar surface area (TPSA) is 75.5 Å². The van der Waals surface area contributed by atoms with Crippen molar-refractivity contribution in [2.75, 3.05) is 0 Å². The van der Waals surface area contributed by atoms with E-state index in [9.17, 15) is 9.59 Å². The lowest BCUT2D eigenvalue weighted by molar-refractivity contribution is 0.0844. The lowest BCUT2D eigenvalue weighted by Crippen LogP contribution is -2.42. The zero-order valence-electron chi connectivity index (χ0n) is 15.3. The van der Waals surface area contributed by atoms with Gasteiger partial charge in [-0.2, -0.15) is 0 Å². The second-order valence-electron chi connectivity index (χ2n) is 6.99. The van der Waals surface area contributed by atoms with E-state index in [1.165, 1.54) is 16.5 Å². The van der Waals surface area contributed by atoms with Crippen LogP contribution in [-0.2, 0) is 12.8 Å². The molecule has 138 valence electrons. The van der Waals surface area contributed by atoms with Crippen molar-refractivity contribution >= 4 is 28.2 Å². The molecule has 2 amide bonds. The van der Waals surface area contributed by atoms with Crippen LogP contribution >= 0.6 is 0 Å². The molecule has 0 aliphatic heterocycles. The van der Waals surface area contributed by atoms with Crippen molar-refractivity contribution in [3.8, 4) is 0 Å². The summed E-state index contributed by atoms with van der Waals surface area (Å²) < 4.78 is 1.70. The highest BCUT2D eigenvalue weighted by Crippen LogP contribution is 2.32. The maximum absolute atomic E-state index is 12.8. The van der Waals surface area contributed by atoms with Crippen LogP contribution in [0.25, 0.3) is 16.4 Å². The highest BCUT2D eigenvalue weighted by atomic mass is 16.2. The van der Waals surface area contributed by atoms with Gasteiger partial charge in [0.25, 0.3) is 11.8 Å². The first-order valence-corrected chi connectivity index (χ1v) is 9.21. The van der Waals surface area contributed by atoms with Crippen molar-refractivity contribution in [2.45, 2.75) is 19.8 Å². The van der Waals surface area contributed by atoms with Crippen LogP contribution in [0, 0.1) is 6.92 Å². The van der Waals surface area contributed by atoms with Gasteiger partial charge < -0.3 is 0 Å². The maximum atomic E-state index is 12.8. The maximum Gasteiger partial charge on any atom is 0.288 e. The molecule has 0 fully saturated rings. The first kappa shape index (κ1) is 16.5. The molecule has 2 heterocycles. The van der Waals surface area contributed by atoms with Crippen LogP contribution in [-0.4, -0.2) is 21.2 Å². The first-order chi connectivity index (χ1) is 13.6. The molecule has 0 atom stereocenters. The van der Waals surface area contributed by atoms with Gasteiger partial charge in [-0.25, -0.2) is 4.98 Å². The van der Waals surface area contributed by atoms with E-state index in [1.807, 2.05) is 42.5 Å². The molecule has 28 heavy (non-hydrogen) atoms. The van der Waals surface area contributed by atoms with Gasteiger partial charge in [-0.3, -0.25) is 24.8 Å². The summed E-state index contributed by atoms with van der Waals surface area (Å²) in [5.41, 5.74) is 9.86. The Hall–Kier alpha value is -3.67. The molecular formula is C22H18N4O2. The number of pyridine rings is 1. The summed E-state index contributed by atoms with van der Waals surface area (Å²) in [5, 5.41) is 2.09. The van der Waals surface area contributed by atoms with Crippen LogP contribution < -0.4 is 10.9 Å². The van der Waals surface area contributed by atoms with Gasteiger partial charge in [0.2, 0.25) is 0 Å². The van der Waals surface area contributed by atoms with Crippen molar-refractivity contribution in [1.29, 1.82) is 0 Å². The number of carbonyl (C=O) groups excluding carboxylic acids is 2. The standard InChI is InChI=1S/C22H18N4O2/c1-13-20(26-12-3-2-7-18(26)23-13)22(28)25-24-21(27)17-11-10-15-9-8-14-5-4-6-16(17)19(14)15/h2-7,10-12H,8-9H2,1H3,(H,24,27)(H,25,28). The lowest BCUT2D eigenvalue weighted by atomic mass is 10.00. The summed E-state index contributed by atoms with van der Waals surface area (Å²) in [6.45, 7) is 1.77. The largest absolute Gasteiger partial charge is 0.295 e. The minimum atomic E-state index is -0.407. The predicted octanol–water partition coefficient (Wildman–Crippen LogP) is 2.97. The first-order valence-electron chi connectivity index (χ1n) is 9.21. The fourth-order valence-electron chi connectivity index (χ4n) is 4.07. The summed E-state index contributed by atoms with van der Waals surface area (Å²) in [5.74, 6) is -0.745. The van der Waals surface area contributed by atoms with E-state index in [4.69, 9.17) is 0 Å². The van der Waals surface area contributed by atoms with Crippen LogP contribution in [0.15, 0.2) is 54.7 Å². The lowest BCUT2D eigenvalue weighted by Gasteiger charge is -2.11. The number of carbonyl (C=O) groups is 2. The van der Waals surface area contributed by atoms with Gasteiger partial charge in [-0.05, 0) is 59.9 Å². The van der Waals surface area contributed by atoms with E-state index in [1.54, 1.807) is 17.5 Å². The number of benzene rings is 2. The van der Waals surface area contributed by atoms with Gasteiger partial charge in [0.05, 0.1) is 5.69 Å². The average Bonchev–Trinajstić information content (AvgIpc) is 3.28. The summed E-state index contributed by atoms with van der Waals surface area (Å²) >= 11 is 0. The third kappa shape index (κ3) is 2.45. The number of aromatic nitrogens is 2. The Morgan fingerprint density at radius 3 is 2.57 bits per heavy atom. The third-order valence-electron chi connectivity index (χ3n) is 5.33.